The second kappa shape index (κ2) is 11.3. The number of aromatic hydroxyl groups is 1. The summed E-state index contributed by atoms with van der Waals surface area (Å²) in [6, 6.07) is 13.2. The van der Waals surface area contributed by atoms with Crippen LogP contribution in [0.2, 0.25) is 5.02 Å². The summed E-state index contributed by atoms with van der Waals surface area (Å²) in [4.78, 5) is 19.1. The van der Waals surface area contributed by atoms with Gasteiger partial charge in [-0.3, -0.25) is 0 Å². The molecule has 8 heteroatoms. The molecule has 0 aliphatic heterocycles. The van der Waals surface area contributed by atoms with Crippen LogP contribution in [0.15, 0.2) is 54.6 Å². The molecule has 0 amide bonds. The lowest BCUT2D eigenvalue weighted by Crippen LogP contribution is -2.37. The number of halogens is 1. The second-order valence-corrected chi connectivity index (χ2v) is 7.32. The van der Waals surface area contributed by atoms with Gasteiger partial charge in [0, 0.05) is 29.8 Å². The first-order valence-electron chi connectivity index (χ1n) is 9.36. The number of carboxylic acids is 2. The molecule has 0 bridgehead atoms. The molecular formula is C22H24ClNO6. The van der Waals surface area contributed by atoms with E-state index in [1.54, 1.807) is 18.2 Å². The summed E-state index contributed by atoms with van der Waals surface area (Å²) >= 11 is 5.95. The van der Waals surface area contributed by atoms with E-state index in [2.05, 4.69) is 5.32 Å². The zero-order valence-electron chi connectivity index (χ0n) is 16.2. The molecule has 2 atom stereocenters. The Labute approximate surface area is 179 Å². The molecule has 3 rings (SSSR count). The first-order valence-corrected chi connectivity index (χ1v) is 9.74. The highest BCUT2D eigenvalue weighted by atomic mass is 35.5. The summed E-state index contributed by atoms with van der Waals surface area (Å²) in [5.41, 5.74) is 3.33. The number of nitrogens with one attached hydrogen (secondary N) is 1. The Morgan fingerprint density at radius 3 is 2.43 bits per heavy atom. The van der Waals surface area contributed by atoms with E-state index in [-0.39, 0.29) is 0 Å². The summed E-state index contributed by atoms with van der Waals surface area (Å²) in [6.07, 6.45) is 3.47. The Morgan fingerprint density at radius 2 is 1.80 bits per heavy atom. The zero-order chi connectivity index (χ0) is 22.1. The van der Waals surface area contributed by atoms with Crippen LogP contribution in [0, 0.1) is 0 Å². The third-order valence-corrected chi connectivity index (χ3v) is 4.86. The Bertz CT molecular complexity index is 898. The lowest BCUT2D eigenvalue weighted by molar-refractivity contribution is -0.134. The number of benzene rings is 2. The lowest BCUT2D eigenvalue weighted by Gasteiger charge is -2.26. The van der Waals surface area contributed by atoms with E-state index in [4.69, 9.17) is 21.8 Å². The molecular weight excluding hydrogens is 410 g/mol. The fourth-order valence-electron chi connectivity index (χ4n) is 3.17. The summed E-state index contributed by atoms with van der Waals surface area (Å²) in [5.74, 6) is -2.20. The maximum absolute atomic E-state index is 10.3. The van der Waals surface area contributed by atoms with Gasteiger partial charge >= 0.3 is 11.9 Å². The molecule has 5 N–H and O–H groups in total. The summed E-state index contributed by atoms with van der Waals surface area (Å²) in [5, 5.41) is 39.5. The first kappa shape index (κ1) is 23.4. The Balaban J connectivity index is 0.000000343. The van der Waals surface area contributed by atoms with Gasteiger partial charge in [0.15, 0.2) is 0 Å². The molecule has 0 fully saturated rings. The predicted octanol–water partition coefficient (Wildman–Crippen LogP) is 2.94. The number of phenolic OH excluding ortho intramolecular Hbond substituents is 1. The molecule has 1 aliphatic rings. The van der Waals surface area contributed by atoms with E-state index in [0.717, 1.165) is 24.8 Å². The van der Waals surface area contributed by atoms with E-state index in [0.29, 0.717) is 35.5 Å². The van der Waals surface area contributed by atoms with Gasteiger partial charge in [-0.15, -0.1) is 0 Å². The molecule has 2 aromatic carbocycles. The summed E-state index contributed by atoms with van der Waals surface area (Å²) in [6.45, 7) is 0.499. The highest BCUT2D eigenvalue weighted by Crippen LogP contribution is 2.25. The van der Waals surface area contributed by atoms with Crippen molar-refractivity contribution in [3.8, 4) is 5.75 Å². The van der Waals surface area contributed by atoms with Crippen molar-refractivity contribution in [1.29, 1.82) is 0 Å². The minimum absolute atomic E-state index is 0.318. The molecule has 0 aromatic heterocycles. The third-order valence-electron chi connectivity index (χ3n) is 4.62. The van der Waals surface area contributed by atoms with E-state index >= 15 is 0 Å². The monoisotopic (exact) mass is 433 g/mol. The van der Waals surface area contributed by atoms with Gasteiger partial charge in [-0.2, -0.15) is 0 Å². The number of rotatable bonds is 6. The Kier molecular flexibility index (Phi) is 8.86. The van der Waals surface area contributed by atoms with Gasteiger partial charge in [0.05, 0.1) is 6.10 Å². The van der Waals surface area contributed by atoms with Crippen molar-refractivity contribution in [2.45, 2.75) is 31.4 Å². The predicted molar refractivity (Wildman–Crippen MR) is 113 cm³/mol. The molecule has 2 aromatic rings. The van der Waals surface area contributed by atoms with Crippen LogP contribution < -0.4 is 5.32 Å². The third kappa shape index (κ3) is 7.87. The van der Waals surface area contributed by atoms with E-state index in [9.17, 15) is 19.8 Å². The number of phenols is 1. The minimum atomic E-state index is -1.26. The standard InChI is InChI=1S/C18H20ClNO2.C4H4O4/c19-15-3-1-2-13(8-15)18(22)11-20-16-6-4-12-5-7-17(21)10-14(12)9-16;5-3(6)1-2-4(7)8/h1-3,5,7-8,10,16,18,20-22H,4,6,9,11H2;1-2H,(H,5,6)(H,7,8)/b;2-1+. The van der Waals surface area contributed by atoms with Crippen LogP contribution in [0.3, 0.4) is 0 Å². The second-order valence-electron chi connectivity index (χ2n) is 6.88. The van der Waals surface area contributed by atoms with Crippen molar-refractivity contribution in [1.82, 2.24) is 5.32 Å². The van der Waals surface area contributed by atoms with Crippen molar-refractivity contribution >= 4 is 23.5 Å². The zero-order valence-corrected chi connectivity index (χ0v) is 16.9. The van der Waals surface area contributed by atoms with Crippen molar-refractivity contribution < 1.29 is 30.0 Å². The number of fused-ring (bicyclic) bond motifs is 1. The van der Waals surface area contributed by atoms with Crippen LogP contribution >= 0.6 is 11.6 Å². The fourth-order valence-corrected chi connectivity index (χ4v) is 3.37. The normalized spacial score (nSPS) is 16.3. The fraction of sp³-hybridized carbons (Fsp3) is 0.273. The molecule has 0 saturated carbocycles. The number of aliphatic carboxylic acids is 2. The molecule has 160 valence electrons. The van der Waals surface area contributed by atoms with Gasteiger partial charge in [0.25, 0.3) is 0 Å². The quantitative estimate of drug-likeness (QED) is 0.443. The van der Waals surface area contributed by atoms with Crippen LogP contribution in [-0.4, -0.2) is 45.0 Å². The smallest absolute Gasteiger partial charge is 0.328 e. The van der Waals surface area contributed by atoms with Crippen LogP contribution in [-0.2, 0) is 22.4 Å². The number of aliphatic hydroxyl groups excluding tert-OH is 1. The van der Waals surface area contributed by atoms with Gasteiger partial charge < -0.3 is 25.7 Å². The average molecular weight is 434 g/mol. The molecule has 1 aliphatic carbocycles. The maximum atomic E-state index is 10.3. The summed E-state index contributed by atoms with van der Waals surface area (Å²) in [7, 11) is 0. The van der Waals surface area contributed by atoms with Crippen molar-refractivity contribution in [3.05, 3.63) is 76.3 Å². The molecule has 2 unspecified atom stereocenters. The van der Waals surface area contributed by atoms with Crippen molar-refractivity contribution in [2.75, 3.05) is 6.54 Å². The van der Waals surface area contributed by atoms with Gasteiger partial charge in [0.2, 0.25) is 0 Å². The first-order chi connectivity index (χ1) is 14.2. The van der Waals surface area contributed by atoms with Gasteiger partial charge in [-0.1, -0.05) is 29.8 Å². The van der Waals surface area contributed by atoms with Crippen LogP contribution in [0.1, 0.15) is 29.2 Å². The highest BCUT2D eigenvalue weighted by Gasteiger charge is 2.19. The topological polar surface area (TPSA) is 127 Å². The maximum Gasteiger partial charge on any atom is 0.328 e. The van der Waals surface area contributed by atoms with E-state index in [1.165, 1.54) is 11.1 Å². The van der Waals surface area contributed by atoms with Crippen LogP contribution in [0.5, 0.6) is 5.75 Å². The van der Waals surface area contributed by atoms with E-state index in [1.807, 2.05) is 24.3 Å². The molecule has 0 radical (unpaired) electrons. The minimum Gasteiger partial charge on any atom is -0.508 e. The number of carboxylic acid groups (broad SMARTS) is 2. The summed E-state index contributed by atoms with van der Waals surface area (Å²) < 4.78 is 0. The Hall–Kier alpha value is -2.87. The van der Waals surface area contributed by atoms with Crippen molar-refractivity contribution in [3.63, 3.8) is 0 Å². The average Bonchev–Trinajstić information content (AvgIpc) is 2.70. The number of aryl methyl sites for hydroxylation is 1. The Morgan fingerprint density at radius 1 is 1.10 bits per heavy atom. The number of hydrogen-bond donors (Lipinski definition) is 5. The number of hydrogen-bond acceptors (Lipinski definition) is 5. The van der Waals surface area contributed by atoms with Crippen LogP contribution in [0.4, 0.5) is 0 Å². The SMILES string of the molecule is O=C(O)/C=C/C(=O)O.Oc1ccc2c(c1)CC(NCC(O)c1cccc(Cl)c1)CC2. The number of aliphatic hydroxyl groups is 1. The van der Waals surface area contributed by atoms with Gasteiger partial charge in [-0.25, -0.2) is 9.59 Å². The van der Waals surface area contributed by atoms with Gasteiger partial charge in [-0.05, 0) is 60.2 Å². The number of carbonyl (C=O) groups is 2. The molecule has 0 heterocycles. The van der Waals surface area contributed by atoms with Gasteiger partial charge in [0.1, 0.15) is 5.75 Å². The highest BCUT2D eigenvalue weighted by molar-refractivity contribution is 6.30. The molecule has 7 nitrogen and oxygen atoms in total. The van der Waals surface area contributed by atoms with E-state index < -0.39 is 18.0 Å². The molecule has 30 heavy (non-hydrogen) atoms. The lowest BCUT2D eigenvalue weighted by atomic mass is 9.88. The van der Waals surface area contributed by atoms with Crippen molar-refractivity contribution in [2.24, 2.45) is 0 Å². The molecule has 0 spiro atoms. The van der Waals surface area contributed by atoms with Crippen LogP contribution in [0.25, 0.3) is 0 Å². The largest absolute Gasteiger partial charge is 0.508 e. The molecule has 0 saturated heterocycles.